The highest BCUT2D eigenvalue weighted by molar-refractivity contribution is 6.30. The molecular weight excluding hydrogens is 378 g/mol. The fourth-order valence-electron chi connectivity index (χ4n) is 3.02. The second kappa shape index (κ2) is 7.28. The number of aryl methyl sites for hydroxylation is 1. The van der Waals surface area contributed by atoms with Gasteiger partial charge in [0.05, 0.1) is 18.1 Å². The topological polar surface area (TPSA) is 81.8 Å². The summed E-state index contributed by atoms with van der Waals surface area (Å²) >= 11 is 6.04. The lowest BCUT2D eigenvalue weighted by atomic mass is 10.1. The third-order valence-electron chi connectivity index (χ3n) is 4.35. The Balaban J connectivity index is 1.66. The second-order valence-corrected chi connectivity index (χ2v) is 6.72. The van der Waals surface area contributed by atoms with Crippen LogP contribution >= 0.6 is 11.6 Å². The van der Waals surface area contributed by atoms with Gasteiger partial charge in [0, 0.05) is 23.5 Å². The van der Waals surface area contributed by atoms with Gasteiger partial charge < -0.3 is 5.32 Å². The van der Waals surface area contributed by atoms with E-state index >= 15 is 0 Å². The molecule has 0 saturated carbocycles. The molecule has 0 saturated heterocycles. The number of fused-ring (bicyclic) bond motifs is 1. The maximum atomic E-state index is 12.9. The summed E-state index contributed by atoms with van der Waals surface area (Å²) in [5, 5.41) is 12.8. The molecule has 4 rings (SSSR count). The van der Waals surface area contributed by atoms with E-state index in [-0.39, 0.29) is 11.3 Å². The molecule has 0 unspecified atom stereocenters. The second-order valence-electron chi connectivity index (χ2n) is 6.28. The minimum atomic E-state index is -0.417. The van der Waals surface area contributed by atoms with Gasteiger partial charge >= 0.3 is 0 Å². The predicted molar refractivity (Wildman–Crippen MR) is 108 cm³/mol. The van der Waals surface area contributed by atoms with Gasteiger partial charge in [-0.3, -0.25) is 9.59 Å². The number of hydrogen-bond donors (Lipinski definition) is 1. The van der Waals surface area contributed by atoms with E-state index in [1.807, 2.05) is 18.2 Å². The average Bonchev–Trinajstić information content (AvgIpc) is 3.11. The van der Waals surface area contributed by atoms with Crippen LogP contribution in [0.2, 0.25) is 5.02 Å². The standard InChI is InChI=1S/C20H16ClN5O2/c1-25-20(28)16-8-3-2-7-15(16)18(24-25)19(27)23-17-9-10-22-26(17)12-13-5-4-6-14(21)11-13/h2-11H,12H2,1H3,(H,23,27). The van der Waals surface area contributed by atoms with Crippen molar-refractivity contribution in [1.82, 2.24) is 19.6 Å². The highest BCUT2D eigenvalue weighted by atomic mass is 35.5. The molecule has 1 N–H and O–H groups in total. The van der Waals surface area contributed by atoms with E-state index in [1.165, 1.54) is 11.7 Å². The van der Waals surface area contributed by atoms with Gasteiger partial charge in [-0.2, -0.15) is 10.2 Å². The minimum absolute atomic E-state index is 0.174. The van der Waals surface area contributed by atoms with Crippen molar-refractivity contribution in [2.75, 3.05) is 5.32 Å². The highest BCUT2D eigenvalue weighted by Gasteiger charge is 2.17. The molecular formula is C20H16ClN5O2. The molecule has 0 spiro atoms. The van der Waals surface area contributed by atoms with Gasteiger partial charge in [0.1, 0.15) is 5.82 Å². The zero-order valence-corrected chi connectivity index (χ0v) is 15.7. The number of carbonyl (C=O) groups is 1. The van der Waals surface area contributed by atoms with Crippen LogP contribution in [-0.4, -0.2) is 25.5 Å². The van der Waals surface area contributed by atoms with Crippen LogP contribution in [0, 0.1) is 0 Å². The van der Waals surface area contributed by atoms with Crippen LogP contribution in [0.25, 0.3) is 10.8 Å². The molecule has 1 amide bonds. The Morgan fingerprint density at radius 1 is 1.11 bits per heavy atom. The van der Waals surface area contributed by atoms with Crippen LogP contribution in [0.3, 0.4) is 0 Å². The molecule has 2 heterocycles. The summed E-state index contributed by atoms with van der Waals surface area (Å²) in [6, 6.07) is 16.1. The summed E-state index contributed by atoms with van der Waals surface area (Å²) < 4.78 is 2.83. The summed E-state index contributed by atoms with van der Waals surface area (Å²) in [6.45, 7) is 0.449. The van der Waals surface area contributed by atoms with E-state index in [0.717, 1.165) is 5.56 Å². The first-order chi connectivity index (χ1) is 13.5. The Hall–Kier alpha value is -3.45. The largest absolute Gasteiger partial charge is 0.305 e. The van der Waals surface area contributed by atoms with E-state index in [9.17, 15) is 9.59 Å². The van der Waals surface area contributed by atoms with Crippen molar-refractivity contribution in [3.8, 4) is 0 Å². The number of amides is 1. The van der Waals surface area contributed by atoms with Gasteiger partial charge in [-0.15, -0.1) is 0 Å². The Morgan fingerprint density at radius 2 is 1.89 bits per heavy atom. The Bertz CT molecular complexity index is 1240. The summed E-state index contributed by atoms with van der Waals surface area (Å²) in [4.78, 5) is 25.1. The molecule has 8 heteroatoms. The lowest BCUT2D eigenvalue weighted by Gasteiger charge is -2.11. The van der Waals surface area contributed by atoms with Crippen LogP contribution in [0.1, 0.15) is 16.1 Å². The zero-order chi connectivity index (χ0) is 19.7. The minimum Gasteiger partial charge on any atom is -0.305 e. The van der Waals surface area contributed by atoms with Crippen molar-refractivity contribution in [3.05, 3.63) is 87.4 Å². The predicted octanol–water partition coefficient (Wildman–Crippen LogP) is 3.08. The van der Waals surface area contributed by atoms with Crippen molar-refractivity contribution in [1.29, 1.82) is 0 Å². The van der Waals surface area contributed by atoms with Gasteiger partial charge in [0.15, 0.2) is 5.69 Å². The number of halogens is 1. The summed E-state index contributed by atoms with van der Waals surface area (Å²) in [5.41, 5.74) is 0.878. The van der Waals surface area contributed by atoms with Crippen LogP contribution in [0.4, 0.5) is 5.82 Å². The summed E-state index contributed by atoms with van der Waals surface area (Å²) in [6.07, 6.45) is 1.60. The fourth-order valence-corrected chi connectivity index (χ4v) is 3.23. The molecule has 28 heavy (non-hydrogen) atoms. The molecule has 0 radical (unpaired) electrons. The van der Waals surface area contributed by atoms with Crippen LogP contribution in [-0.2, 0) is 13.6 Å². The SMILES string of the molecule is Cn1nc(C(=O)Nc2ccnn2Cc2cccc(Cl)c2)c2ccccc2c1=O. The van der Waals surface area contributed by atoms with Crippen LogP contribution in [0.15, 0.2) is 65.6 Å². The van der Waals surface area contributed by atoms with E-state index in [2.05, 4.69) is 15.5 Å². The lowest BCUT2D eigenvalue weighted by Crippen LogP contribution is -2.26. The first kappa shape index (κ1) is 17.9. The molecule has 2 aromatic heterocycles. The smallest absolute Gasteiger partial charge is 0.277 e. The molecule has 0 atom stereocenters. The maximum absolute atomic E-state index is 12.9. The summed E-state index contributed by atoms with van der Waals surface area (Å²) in [5.74, 6) is 0.101. The molecule has 0 aliphatic heterocycles. The van der Waals surface area contributed by atoms with Gasteiger partial charge in [0.25, 0.3) is 11.5 Å². The Morgan fingerprint density at radius 3 is 2.68 bits per heavy atom. The fraction of sp³-hybridized carbons (Fsp3) is 0.100. The normalized spacial score (nSPS) is 10.9. The number of nitrogens with one attached hydrogen (secondary N) is 1. The number of aromatic nitrogens is 4. The summed E-state index contributed by atoms with van der Waals surface area (Å²) in [7, 11) is 1.52. The zero-order valence-electron chi connectivity index (χ0n) is 15.0. The van der Waals surface area contributed by atoms with Crippen molar-refractivity contribution < 1.29 is 4.79 Å². The quantitative estimate of drug-likeness (QED) is 0.577. The van der Waals surface area contributed by atoms with Gasteiger partial charge in [-0.05, 0) is 23.8 Å². The third-order valence-corrected chi connectivity index (χ3v) is 4.59. The number of nitrogens with zero attached hydrogens (tertiary/aromatic N) is 4. The molecule has 0 fully saturated rings. The van der Waals surface area contributed by atoms with Gasteiger partial charge in [-0.25, -0.2) is 9.36 Å². The average molecular weight is 394 g/mol. The monoisotopic (exact) mass is 393 g/mol. The van der Waals surface area contributed by atoms with E-state index < -0.39 is 5.91 Å². The molecule has 2 aromatic carbocycles. The molecule has 0 aliphatic carbocycles. The van der Waals surface area contributed by atoms with E-state index in [1.54, 1.807) is 47.3 Å². The Labute approximate surface area is 165 Å². The molecule has 0 bridgehead atoms. The van der Waals surface area contributed by atoms with E-state index in [4.69, 9.17) is 11.6 Å². The number of rotatable bonds is 4. The highest BCUT2D eigenvalue weighted by Crippen LogP contribution is 2.17. The Kier molecular flexibility index (Phi) is 4.67. The van der Waals surface area contributed by atoms with Crippen molar-refractivity contribution >= 4 is 34.1 Å². The molecule has 7 nitrogen and oxygen atoms in total. The van der Waals surface area contributed by atoms with Gasteiger partial charge in [-0.1, -0.05) is 41.9 Å². The first-order valence-electron chi connectivity index (χ1n) is 8.56. The van der Waals surface area contributed by atoms with Crippen molar-refractivity contribution in [3.63, 3.8) is 0 Å². The third kappa shape index (κ3) is 3.39. The van der Waals surface area contributed by atoms with Gasteiger partial charge in [0.2, 0.25) is 0 Å². The van der Waals surface area contributed by atoms with E-state index in [0.29, 0.717) is 28.2 Å². The first-order valence-corrected chi connectivity index (χ1v) is 8.94. The number of benzene rings is 2. The number of carbonyl (C=O) groups excluding carboxylic acids is 1. The number of anilines is 1. The van der Waals surface area contributed by atoms with Crippen molar-refractivity contribution in [2.24, 2.45) is 7.05 Å². The maximum Gasteiger partial charge on any atom is 0.277 e. The van der Waals surface area contributed by atoms with Crippen LogP contribution < -0.4 is 10.9 Å². The molecule has 4 aromatic rings. The van der Waals surface area contributed by atoms with Crippen molar-refractivity contribution in [2.45, 2.75) is 6.54 Å². The molecule has 140 valence electrons. The van der Waals surface area contributed by atoms with Crippen LogP contribution in [0.5, 0.6) is 0 Å². The molecule has 0 aliphatic rings. The number of hydrogen-bond acceptors (Lipinski definition) is 4. The lowest BCUT2D eigenvalue weighted by molar-refractivity contribution is 0.102.